The van der Waals surface area contributed by atoms with E-state index < -0.39 is 0 Å². The molecule has 20 heavy (non-hydrogen) atoms. The van der Waals surface area contributed by atoms with E-state index in [9.17, 15) is 0 Å². The first-order valence-corrected chi connectivity index (χ1v) is 8.09. The number of rotatable bonds is 5. The molecule has 0 bridgehead atoms. The summed E-state index contributed by atoms with van der Waals surface area (Å²) in [6.45, 7) is 2.28. The summed E-state index contributed by atoms with van der Waals surface area (Å²) in [5, 5.41) is 5.93. The van der Waals surface area contributed by atoms with E-state index in [1.54, 1.807) is 7.11 Å². The number of nitrogens with one attached hydrogen (secondary N) is 1. The van der Waals surface area contributed by atoms with Gasteiger partial charge in [0.1, 0.15) is 5.75 Å². The highest BCUT2D eigenvalue weighted by molar-refractivity contribution is 7.09. The van der Waals surface area contributed by atoms with E-state index in [2.05, 4.69) is 48.0 Å². The van der Waals surface area contributed by atoms with Crippen LogP contribution in [0.25, 0.3) is 0 Å². The zero-order chi connectivity index (χ0) is 13.9. The molecule has 1 heterocycles. The van der Waals surface area contributed by atoms with Crippen molar-refractivity contribution in [1.82, 2.24) is 5.32 Å². The maximum atomic E-state index is 5.35. The van der Waals surface area contributed by atoms with Crippen molar-refractivity contribution in [2.24, 2.45) is 0 Å². The maximum absolute atomic E-state index is 5.35. The molecule has 0 radical (unpaired) electrons. The molecule has 1 aliphatic rings. The van der Waals surface area contributed by atoms with E-state index >= 15 is 0 Å². The highest BCUT2D eigenvalue weighted by Crippen LogP contribution is 2.34. The number of hydrogen-bond donors (Lipinski definition) is 1. The van der Waals surface area contributed by atoms with Gasteiger partial charge < -0.3 is 10.1 Å². The van der Waals surface area contributed by atoms with E-state index in [4.69, 9.17) is 4.74 Å². The van der Waals surface area contributed by atoms with E-state index in [1.807, 2.05) is 11.3 Å². The third-order valence-electron chi connectivity index (χ3n) is 4.00. The Bertz CT molecular complexity index is 564. The lowest BCUT2D eigenvalue weighted by molar-refractivity contribution is 0.411. The van der Waals surface area contributed by atoms with Crippen molar-refractivity contribution >= 4 is 11.3 Å². The van der Waals surface area contributed by atoms with Gasteiger partial charge in [0.25, 0.3) is 0 Å². The van der Waals surface area contributed by atoms with Gasteiger partial charge in [0.15, 0.2) is 0 Å². The van der Waals surface area contributed by atoms with Crippen molar-refractivity contribution in [3.05, 3.63) is 51.7 Å². The van der Waals surface area contributed by atoms with Crippen LogP contribution in [0.15, 0.2) is 35.7 Å². The number of aryl methyl sites for hydroxylation is 1. The van der Waals surface area contributed by atoms with Gasteiger partial charge in [0, 0.05) is 17.0 Å². The summed E-state index contributed by atoms with van der Waals surface area (Å²) in [6, 6.07) is 11.8. The number of hydrogen-bond acceptors (Lipinski definition) is 3. The Labute approximate surface area is 124 Å². The molecule has 2 aromatic rings. The fourth-order valence-corrected chi connectivity index (χ4v) is 3.85. The number of fused-ring (bicyclic) bond motifs is 1. The average molecular weight is 287 g/mol. The lowest BCUT2D eigenvalue weighted by Crippen LogP contribution is -2.30. The molecule has 2 nitrogen and oxygen atoms in total. The minimum atomic E-state index is 0.468. The third kappa shape index (κ3) is 2.89. The predicted octanol–water partition coefficient (Wildman–Crippen LogP) is 3.96. The summed E-state index contributed by atoms with van der Waals surface area (Å²) in [5.41, 5.74) is 2.88. The minimum Gasteiger partial charge on any atom is -0.497 e. The molecular weight excluding hydrogens is 266 g/mol. The lowest BCUT2D eigenvalue weighted by atomic mass is 10.1. The van der Waals surface area contributed by atoms with Gasteiger partial charge in [-0.2, -0.15) is 0 Å². The molecule has 0 amide bonds. The van der Waals surface area contributed by atoms with Crippen LogP contribution in [0.5, 0.6) is 5.75 Å². The van der Waals surface area contributed by atoms with Crippen LogP contribution in [0.3, 0.4) is 0 Å². The normalized spacial score (nSPS) is 18.8. The molecular formula is C17H21NOS. The van der Waals surface area contributed by atoms with Gasteiger partial charge in [0.2, 0.25) is 0 Å². The van der Waals surface area contributed by atoms with Gasteiger partial charge in [-0.3, -0.25) is 0 Å². The molecule has 1 aliphatic carbocycles. The van der Waals surface area contributed by atoms with Crippen LogP contribution < -0.4 is 10.1 Å². The van der Waals surface area contributed by atoms with Crippen molar-refractivity contribution in [3.8, 4) is 5.75 Å². The van der Waals surface area contributed by atoms with E-state index in [1.165, 1.54) is 28.8 Å². The standard InChI is InChI=1S/C17H21NOS/c1-12(10-15-4-3-9-20-15)18-17-8-6-13-5-7-14(19-2)11-16(13)17/h3-5,7,9,11-12,17-18H,6,8,10H2,1-2H3. The molecule has 1 N–H and O–H groups in total. The molecule has 0 spiro atoms. The molecule has 106 valence electrons. The van der Waals surface area contributed by atoms with Crippen LogP contribution in [0, 0.1) is 0 Å². The van der Waals surface area contributed by atoms with Crippen LogP contribution in [-0.4, -0.2) is 13.2 Å². The molecule has 0 aliphatic heterocycles. The topological polar surface area (TPSA) is 21.3 Å². The first-order chi connectivity index (χ1) is 9.76. The van der Waals surface area contributed by atoms with Crippen LogP contribution in [-0.2, 0) is 12.8 Å². The lowest BCUT2D eigenvalue weighted by Gasteiger charge is -2.20. The summed E-state index contributed by atoms with van der Waals surface area (Å²) in [7, 11) is 1.73. The van der Waals surface area contributed by atoms with Crippen LogP contribution in [0.2, 0.25) is 0 Å². The SMILES string of the molecule is COc1ccc2c(c1)C(NC(C)Cc1cccs1)CC2. The highest BCUT2D eigenvalue weighted by Gasteiger charge is 2.24. The Hall–Kier alpha value is -1.32. The Morgan fingerprint density at radius 2 is 2.30 bits per heavy atom. The monoisotopic (exact) mass is 287 g/mol. The van der Waals surface area contributed by atoms with E-state index in [0.717, 1.165) is 12.2 Å². The molecule has 3 rings (SSSR count). The van der Waals surface area contributed by atoms with Crippen molar-refractivity contribution < 1.29 is 4.74 Å². The zero-order valence-electron chi connectivity index (χ0n) is 12.1. The average Bonchev–Trinajstić information content (AvgIpc) is 3.08. The van der Waals surface area contributed by atoms with E-state index in [-0.39, 0.29) is 0 Å². The van der Waals surface area contributed by atoms with Crippen LogP contribution in [0.4, 0.5) is 0 Å². The van der Waals surface area contributed by atoms with Crippen molar-refractivity contribution in [2.45, 2.75) is 38.3 Å². The molecule has 0 saturated carbocycles. The molecule has 1 aromatic carbocycles. The number of thiophene rings is 1. The van der Waals surface area contributed by atoms with Gasteiger partial charge in [-0.05, 0) is 60.9 Å². The van der Waals surface area contributed by atoms with Crippen LogP contribution >= 0.6 is 11.3 Å². The first-order valence-electron chi connectivity index (χ1n) is 7.21. The maximum Gasteiger partial charge on any atom is 0.119 e. The molecule has 2 unspecified atom stereocenters. The Morgan fingerprint density at radius 1 is 1.40 bits per heavy atom. The third-order valence-corrected chi connectivity index (χ3v) is 4.90. The molecule has 3 heteroatoms. The van der Waals surface area contributed by atoms with Gasteiger partial charge in [-0.1, -0.05) is 12.1 Å². The second-order valence-electron chi connectivity index (χ2n) is 5.51. The quantitative estimate of drug-likeness (QED) is 0.898. The molecule has 2 atom stereocenters. The first kappa shape index (κ1) is 13.7. The second kappa shape index (κ2) is 5.98. The number of ether oxygens (including phenoxy) is 1. The van der Waals surface area contributed by atoms with E-state index in [0.29, 0.717) is 12.1 Å². The van der Waals surface area contributed by atoms with Gasteiger partial charge >= 0.3 is 0 Å². The molecule has 0 saturated heterocycles. The summed E-state index contributed by atoms with van der Waals surface area (Å²) in [6.07, 6.45) is 3.47. The Kier molecular flexibility index (Phi) is 4.08. The fraction of sp³-hybridized carbons (Fsp3) is 0.412. The summed E-state index contributed by atoms with van der Waals surface area (Å²) in [4.78, 5) is 1.45. The smallest absolute Gasteiger partial charge is 0.119 e. The van der Waals surface area contributed by atoms with Crippen LogP contribution in [0.1, 0.15) is 35.4 Å². The fourth-order valence-electron chi connectivity index (χ4n) is 3.01. The summed E-state index contributed by atoms with van der Waals surface area (Å²) < 4.78 is 5.35. The Morgan fingerprint density at radius 3 is 3.05 bits per heavy atom. The predicted molar refractivity (Wildman–Crippen MR) is 84.7 cm³/mol. The zero-order valence-corrected chi connectivity index (χ0v) is 12.9. The van der Waals surface area contributed by atoms with Crippen molar-refractivity contribution in [1.29, 1.82) is 0 Å². The highest BCUT2D eigenvalue weighted by atomic mass is 32.1. The van der Waals surface area contributed by atoms with Gasteiger partial charge in [0.05, 0.1) is 7.11 Å². The van der Waals surface area contributed by atoms with Gasteiger partial charge in [-0.15, -0.1) is 11.3 Å². The van der Waals surface area contributed by atoms with Crippen molar-refractivity contribution in [3.63, 3.8) is 0 Å². The van der Waals surface area contributed by atoms with Gasteiger partial charge in [-0.25, -0.2) is 0 Å². The Balaban J connectivity index is 1.68. The molecule has 1 aromatic heterocycles. The molecule has 0 fully saturated rings. The number of methoxy groups -OCH3 is 1. The summed E-state index contributed by atoms with van der Waals surface area (Å²) in [5.74, 6) is 0.961. The second-order valence-corrected chi connectivity index (χ2v) is 6.54. The summed E-state index contributed by atoms with van der Waals surface area (Å²) >= 11 is 1.84. The minimum absolute atomic E-state index is 0.468. The van der Waals surface area contributed by atoms with Crippen molar-refractivity contribution in [2.75, 3.05) is 7.11 Å². The number of benzene rings is 1. The largest absolute Gasteiger partial charge is 0.497 e.